The maximum atomic E-state index is 10.9. The molecule has 1 N–H and O–H groups in total. The zero-order chi connectivity index (χ0) is 13.1. The van der Waals surface area contributed by atoms with Crippen LogP contribution in [-0.2, 0) is 6.54 Å². The number of furan rings is 1. The second-order valence-corrected chi connectivity index (χ2v) is 4.24. The summed E-state index contributed by atoms with van der Waals surface area (Å²) in [6, 6.07) is 8.88. The molecule has 0 saturated heterocycles. The van der Waals surface area contributed by atoms with E-state index in [1.807, 2.05) is 37.1 Å². The number of hydrogen-bond acceptors (Lipinski definition) is 3. The van der Waals surface area contributed by atoms with Crippen LogP contribution in [0.4, 0.5) is 5.69 Å². The summed E-state index contributed by atoms with van der Waals surface area (Å²) in [6.07, 6.45) is 1.64. The van der Waals surface area contributed by atoms with Crippen molar-refractivity contribution in [2.75, 3.05) is 11.9 Å². The normalized spacial score (nSPS) is 10.3. The van der Waals surface area contributed by atoms with Gasteiger partial charge >= 0.3 is 5.97 Å². The summed E-state index contributed by atoms with van der Waals surface area (Å²) in [5.41, 5.74) is 2.24. The largest absolute Gasteiger partial charge is 0.478 e. The number of rotatable bonds is 4. The van der Waals surface area contributed by atoms with Crippen LogP contribution in [0.3, 0.4) is 0 Å². The molecule has 0 unspecified atom stereocenters. The molecule has 18 heavy (non-hydrogen) atoms. The molecule has 0 aliphatic carbocycles. The Balaban J connectivity index is 2.20. The van der Waals surface area contributed by atoms with E-state index in [4.69, 9.17) is 9.52 Å². The van der Waals surface area contributed by atoms with Crippen LogP contribution in [0.2, 0.25) is 0 Å². The van der Waals surface area contributed by atoms with E-state index in [2.05, 4.69) is 0 Å². The van der Waals surface area contributed by atoms with Gasteiger partial charge in [0.25, 0.3) is 0 Å². The van der Waals surface area contributed by atoms with Crippen LogP contribution in [0.25, 0.3) is 0 Å². The van der Waals surface area contributed by atoms with E-state index in [1.54, 1.807) is 18.4 Å². The highest BCUT2D eigenvalue weighted by Gasteiger charge is 2.10. The molecule has 1 aromatic carbocycles. The predicted molar refractivity (Wildman–Crippen MR) is 69.0 cm³/mol. The SMILES string of the molecule is Cc1cc(C(=O)O)ccc1N(C)Cc1ccco1. The monoisotopic (exact) mass is 245 g/mol. The molecule has 0 atom stereocenters. The van der Waals surface area contributed by atoms with Gasteiger partial charge < -0.3 is 14.4 Å². The Hall–Kier alpha value is -2.23. The molecule has 0 saturated carbocycles. The number of anilines is 1. The fourth-order valence-corrected chi connectivity index (χ4v) is 1.94. The Morgan fingerprint density at radius 2 is 2.17 bits per heavy atom. The van der Waals surface area contributed by atoms with Gasteiger partial charge in [0.1, 0.15) is 5.76 Å². The van der Waals surface area contributed by atoms with Gasteiger partial charge in [-0.1, -0.05) is 0 Å². The van der Waals surface area contributed by atoms with E-state index in [9.17, 15) is 4.79 Å². The summed E-state index contributed by atoms with van der Waals surface area (Å²) >= 11 is 0. The summed E-state index contributed by atoms with van der Waals surface area (Å²) in [5.74, 6) is -0.0300. The van der Waals surface area contributed by atoms with E-state index < -0.39 is 5.97 Å². The lowest BCUT2D eigenvalue weighted by atomic mass is 10.1. The van der Waals surface area contributed by atoms with Crippen molar-refractivity contribution < 1.29 is 14.3 Å². The Morgan fingerprint density at radius 1 is 1.39 bits per heavy atom. The molecule has 0 spiro atoms. The van der Waals surface area contributed by atoms with E-state index in [-0.39, 0.29) is 0 Å². The van der Waals surface area contributed by atoms with E-state index in [1.165, 1.54) is 0 Å². The minimum atomic E-state index is -0.904. The van der Waals surface area contributed by atoms with Crippen molar-refractivity contribution in [1.29, 1.82) is 0 Å². The number of carbonyl (C=O) groups is 1. The van der Waals surface area contributed by atoms with Gasteiger partial charge in [0.05, 0.1) is 18.4 Å². The highest BCUT2D eigenvalue weighted by atomic mass is 16.4. The van der Waals surface area contributed by atoms with Crippen molar-refractivity contribution in [1.82, 2.24) is 0 Å². The molecule has 0 amide bonds. The van der Waals surface area contributed by atoms with Crippen LogP contribution in [-0.4, -0.2) is 18.1 Å². The molecule has 1 heterocycles. The van der Waals surface area contributed by atoms with Crippen molar-refractivity contribution in [2.24, 2.45) is 0 Å². The first-order valence-electron chi connectivity index (χ1n) is 5.65. The number of aromatic carboxylic acids is 1. The van der Waals surface area contributed by atoms with Crippen LogP contribution in [0.1, 0.15) is 21.7 Å². The third kappa shape index (κ3) is 2.53. The molecular formula is C14H15NO3. The van der Waals surface area contributed by atoms with Gasteiger partial charge in [-0.25, -0.2) is 4.79 Å². The Kier molecular flexibility index (Phi) is 3.37. The number of aryl methyl sites for hydroxylation is 1. The van der Waals surface area contributed by atoms with Crippen LogP contribution >= 0.6 is 0 Å². The maximum Gasteiger partial charge on any atom is 0.335 e. The van der Waals surface area contributed by atoms with Crippen molar-refractivity contribution in [2.45, 2.75) is 13.5 Å². The minimum Gasteiger partial charge on any atom is -0.478 e. The smallest absolute Gasteiger partial charge is 0.335 e. The van der Waals surface area contributed by atoms with Crippen molar-refractivity contribution >= 4 is 11.7 Å². The summed E-state index contributed by atoms with van der Waals surface area (Å²) < 4.78 is 5.29. The average molecular weight is 245 g/mol. The number of benzene rings is 1. The Morgan fingerprint density at radius 3 is 2.72 bits per heavy atom. The Bertz CT molecular complexity index is 546. The topological polar surface area (TPSA) is 53.7 Å². The van der Waals surface area contributed by atoms with Crippen molar-refractivity contribution in [3.8, 4) is 0 Å². The first-order valence-corrected chi connectivity index (χ1v) is 5.65. The fourth-order valence-electron chi connectivity index (χ4n) is 1.94. The van der Waals surface area contributed by atoms with E-state index in [0.29, 0.717) is 12.1 Å². The van der Waals surface area contributed by atoms with Crippen molar-refractivity contribution in [3.63, 3.8) is 0 Å². The van der Waals surface area contributed by atoms with Gasteiger partial charge in [-0.15, -0.1) is 0 Å². The molecule has 4 heteroatoms. The standard InChI is InChI=1S/C14H15NO3/c1-10-8-11(14(16)17)5-6-13(10)15(2)9-12-4-3-7-18-12/h3-8H,9H2,1-2H3,(H,16,17). The lowest BCUT2D eigenvalue weighted by Gasteiger charge is -2.20. The fraction of sp³-hybridized carbons (Fsp3) is 0.214. The van der Waals surface area contributed by atoms with Crippen LogP contribution in [0, 0.1) is 6.92 Å². The predicted octanol–water partition coefficient (Wildman–Crippen LogP) is 2.92. The summed E-state index contributed by atoms with van der Waals surface area (Å²) in [7, 11) is 1.95. The van der Waals surface area contributed by atoms with Crippen molar-refractivity contribution in [3.05, 3.63) is 53.5 Å². The molecule has 1 aromatic heterocycles. The van der Waals surface area contributed by atoms with E-state index >= 15 is 0 Å². The summed E-state index contributed by atoms with van der Waals surface area (Å²) in [5, 5.41) is 8.92. The third-order valence-corrected chi connectivity index (χ3v) is 2.83. The van der Waals surface area contributed by atoms with Crippen LogP contribution in [0.5, 0.6) is 0 Å². The molecule has 0 bridgehead atoms. The zero-order valence-electron chi connectivity index (χ0n) is 10.4. The molecule has 4 nitrogen and oxygen atoms in total. The molecular weight excluding hydrogens is 230 g/mol. The summed E-state index contributed by atoms with van der Waals surface area (Å²) in [6.45, 7) is 2.56. The van der Waals surface area contributed by atoms with Gasteiger partial charge in [-0.3, -0.25) is 0 Å². The molecule has 2 rings (SSSR count). The zero-order valence-corrected chi connectivity index (χ0v) is 10.4. The highest BCUT2D eigenvalue weighted by molar-refractivity contribution is 5.88. The number of carboxylic acids is 1. The van der Waals surface area contributed by atoms with Crippen LogP contribution < -0.4 is 4.90 Å². The maximum absolute atomic E-state index is 10.9. The first kappa shape index (κ1) is 12.2. The molecule has 0 radical (unpaired) electrons. The van der Waals surface area contributed by atoms with Crippen LogP contribution in [0.15, 0.2) is 41.0 Å². The number of nitrogens with zero attached hydrogens (tertiary/aromatic N) is 1. The van der Waals surface area contributed by atoms with E-state index in [0.717, 1.165) is 17.0 Å². The molecule has 0 aliphatic rings. The molecule has 2 aromatic rings. The van der Waals surface area contributed by atoms with Gasteiger partial charge in [0.15, 0.2) is 0 Å². The average Bonchev–Trinajstić information content (AvgIpc) is 2.81. The van der Waals surface area contributed by atoms with Gasteiger partial charge in [0, 0.05) is 12.7 Å². The molecule has 0 fully saturated rings. The van der Waals surface area contributed by atoms with Gasteiger partial charge in [0.2, 0.25) is 0 Å². The molecule has 94 valence electrons. The third-order valence-electron chi connectivity index (χ3n) is 2.83. The second kappa shape index (κ2) is 4.96. The number of carboxylic acid groups (broad SMARTS) is 1. The van der Waals surface area contributed by atoms with Gasteiger partial charge in [-0.05, 0) is 42.8 Å². The minimum absolute atomic E-state index is 0.308. The quantitative estimate of drug-likeness (QED) is 0.899. The number of hydrogen-bond donors (Lipinski definition) is 1. The second-order valence-electron chi connectivity index (χ2n) is 4.24. The van der Waals surface area contributed by atoms with Gasteiger partial charge in [-0.2, -0.15) is 0 Å². The first-order chi connectivity index (χ1) is 8.58. The summed E-state index contributed by atoms with van der Waals surface area (Å²) in [4.78, 5) is 12.9. The lowest BCUT2D eigenvalue weighted by molar-refractivity contribution is 0.0697. The lowest BCUT2D eigenvalue weighted by Crippen LogP contribution is -2.17. The Labute approximate surface area is 105 Å². The molecule has 0 aliphatic heterocycles. The highest BCUT2D eigenvalue weighted by Crippen LogP contribution is 2.22.